The maximum absolute atomic E-state index is 12.8. The first-order valence-corrected chi connectivity index (χ1v) is 14.9. The molecule has 0 bridgehead atoms. The van der Waals surface area contributed by atoms with Crippen LogP contribution in [0.5, 0.6) is 5.75 Å². The molecule has 1 aliphatic carbocycles. The van der Waals surface area contributed by atoms with E-state index in [2.05, 4.69) is 31.0 Å². The topological polar surface area (TPSA) is 140 Å². The van der Waals surface area contributed by atoms with Crippen LogP contribution in [0, 0.1) is 6.92 Å². The van der Waals surface area contributed by atoms with E-state index in [1.54, 1.807) is 27.1 Å². The summed E-state index contributed by atoms with van der Waals surface area (Å²) in [6.07, 6.45) is 6.48. The minimum absolute atomic E-state index is 0.0603. The molecule has 1 atom stereocenters. The molecule has 2 aliphatic rings. The molecule has 2 fully saturated rings. The highest BCUT2D eigenvalue weighted by molar-refractivity contribution is 7.92. The number of carbonyl (C=O) groups is 1. The Morgan fingerprint density at radius 2 is 1.95 bits per heavy atom. The van der Waals surface area contributed by atoms with E-state index in [1.807, 2.05) is 19.1 Å². The molecule has 1 unspecified atom stereocenters. The highest BCUT2D eigenvalue weighted by Crippen LogP contribution is 2.39. The molecule has 0 spiro atoms. The molecule has 3 N–H and O–H groups in total. The van der Waals surface area contributed by atoms with E-state index < -0.39 is 15.1 Å². The zero-order chi connectivity index (χ0) is 27.9. The largest absolute Gasteiger partial charge is 0.488 e. The first-order chi connectivity index (χ1) is 18.5. The number of nitrogens with one attached hydrogen (secondary N) is 3. The Morgan fingerprint density at radius 1 is 1.18 bits per heavy atom. The molecule has 0 radical (unpaired) electrons. The summed E-state index contributed by atoms with van der Waals surface area (Å²) >= 11 is 6.39. The molecule has 208 valence electrons. The Balaban J connectivity index is 1.45. The maximum Gasteiger partial charge on any atom is 0.229 e. The number of carbonyl (C=O) groups excluding carboxylic acids is 1. The fourth-order valence-corrected chi connectivity index (χ4v) is 5.74. The number of halogens is 1. The fraction of sp³-hybridized carbons (Fsp3) is 0.462. The highest BCUT2D eigenvalue weighted by Gasteiger charge is 2.29. The lowest BCUT2D eigenvalue weighted by atomic mass is 9.86. The Bertz CT molecular complexity index is 1520. The molecule has 1 aliphatic heterocycles. The average molecular weight is 574 g/mol. The van der Waals surface area contributed by atoms with Gasteiger partial charge in [-0.3, -0.25) is 9.48 Å². The summed E-state index contributed by atoms with van der Waals surface area (Å²) in [6, 6.07) is 4.01. The van der Waals surface area contributed by atoms with Crippen molar-refractivity contribution in [1.29, 1.82) is 0 Å². The lowest BCUT2D eigenvalue weighted by Crippen LogP contribution is -2.32. The van der Waals surface area contributed by atoms with Crippen LogP contribution in [-0.2, 0) is 21.7 Å². The minimum atomic E-state index is -3.65. The van der Waals surface area contributed by atoms with E-state index in [9.17, 15) is 13.2 Å². The molecular weight excluding hydrogens is 542 g/mol. The second-order valence-electron chi connectivity index (χ2n) is 10.3. The first kappa shape index (κ1) is 27.2. The van der Waals surface area contributed by atoms with Gasteiger partial charge in [0.25, 0.3) is 0 Å². The van der Waals surface area contributed by atoms with Gasteiger partial charge in [0.2, 0.25) is 26.7 Å². The van der Waals surface area contributed by atoms with Crippen LogP contribution in [0.2, 0.25) is 5.02 Å². The Labute approximate surface area is 232 Å². The Morgan fingerprint density at radius 3 is 2.64 bits per heavy atom. The van der Waals surface area contributed by atoms with Gasteiger partial charge in [-0.1, -0.05) is 11.6 Å². The lowest BCUT2D eigenvalue weighted by molar-refractivity contribution is -0.122. The van der Waals surface area contributed by atoms with Gasteiger partial charge in [-0.15, -0.1) is 0 Å². The molecule has 1 saturated carbocycles. The van der Waals surface area contributed by atoms with Crippen LogP contribution < -0.4 is 20.7 Å². The number of sulfone groups is 1. The number of piperidine rings is 1. The predicted octanol–water partition coefficient (Wildman–Crippen LogP) is 4.38. The van der Waals surface area contributed by atoms with Gasteiger partial charge in [0.05, 0.1) is 28.9 Å². The summed E-state index contributed by atoms with van der Waals surface area (Å²) in [7, 11) is -2.00. The number of anilines is 4. The Hall–Kier alpha value is -3.38. The second-order valence-corrected chi connectivity index (χ2v) is 13.1. The lowest BCUT2D eigenvalue weighted by Gasteiger charge is -2.25. The van der Waals surface area contributed by atoms with E-state index in [1.165, 1.54) is 10.9 Å². The minimum Gasteiger partial charge on any atom is -0.488 e. The molecule has 13 heteroatoms. The van der Waals surface area contributed by atoms with E-state index in [-0.39, 0.29) is 45.4 Å². The normalized spacial score (nSPS) is 17.7. The van der Waals surface area contributed by atoms with Gasteiger partial charge >= 0.3 is 0 Å². The van der Waals surface area contributed by atoms with Crippen molar-refractivity contribution in [2.45, 2.75) is 68.8 Å². The van der Waals surface area contributed by atoms with Crippen LogP contribution in [0.15, 0.2) is 29.6 Å². The van der Waals surface area contributed by atoms with Crippen molar-refractivity contribution in [3.8, 4) is 5.75 Å². The van der Waals surface area contributed by atoms with Crippen LogP contribution >= 0.6 is 11.6 Å². The average Bonchev–Trinajstić information content (AvgIpc) is 3.61. The molecule has 3 heterocycles. The quantitative estimate of drug-likeness (QED) is 0.340. The van der Waals surface area contributed by atoms with Crippen molar-refractivity contribution in [3.63, 3.8) is 0 Å². The van der Waals surface area contributed by atoms with Gasteiger partial charge in [0.1, 0.15) is 10.8 Å². The molecule has 5 rings (SSSR count). The molecule has 2 aromatic heterocycles. The summed E-state index contributed by atoms with van der Waals surface area (Å²) in [4.78, 5) is 20.9. The van der Waals surface area contributed by atoms with Crippen LogP contribution in [0.4, 0.5) is 23.1 Å². The molecular formula is C26H32ClN7O4S. The van der Waals surface area contributed by atoms with Crippen molar-refractivity contribution < 1.29 is 17.9 Å². The number of ether oxygens (including phenoxy) is 1. The number of aromatic nitrogens is 4. The SMILES string of the molecule is Cc1cc(Nc2ncc(Cl)c(Nc3cn(C)nc3S(=O)(=O)C(C)C)n2)c(OC2CC2)cc1C1CCNC(=O)C1. The summed E-state index contributed by atoms with van der Waals surface area (Å²) in [5.74, 6) is 1.35. The zero-order valence-electron chi connectivity index (χ0n) is 22.3. The number of aryl methyl sites for hydroxylation is 2. The van der Waals surface area contributed by atoms with Gasteiger partial charge in [-0.25, -0.2) is 13.4 Å². The van der Waals surface area contributed by atoms with E-state index in [4.69, 9.17) is 16.3 Å². The van der Waals surface area contributed by atoms with Crippen molar-refractivity contribution >= 4 is 50.5 Å². The van der Waals surface area contributed by atoms with Gasteiger partial charge in [-0.05, 0) is 69.2 Å². The molecule has 39 heavy (non-hydrogen) atoms. The molecule has 11 nitrogen and oxygen atoms in total. The van der Waals surface area contributed by atoms with Crippen LogP contribution in [0.25, 0.3) is 0 Å². The maximum atomic E-state index is 12.8. The Kier molecular flexibility index (Phi) is 7.43. The standard InChI is InChI=1S/C26H32ClN7O4S/c1-14(2)39(36,37)25-21(13-34(4)33-25)30-24-19(27)12-29-26(32-24)31-20-9-15(3)18(11-22(20)38-17-5-6-17)16-7-8-28-23(35)10-16/h9,11-14,16-17H,5-8,10H2,1-4H3,(H,28,35)(H2,29,30,31,32). The third-order valence-electron chi connectivity index (χ3n) is 6.80. The monoisotopic (exact) mass is 573 g/mol. The zero-order valence-corrected chi connectivity index (χ0v) is 23.9. The number of hydrogen-bond acceptors (Lipinski definition) is 9. The fourth-order valence-electron chi connectivity index (χ4n) is 4.50. The number of amides is 1. The molecule has 1 aromatic carbocycles. The number of benzene rings is 1. The van der Waals surface area contributed by atoms with Crippen molar-refractivity contribution in [2.24, 2.45) is 7.05 Å². The van der Waals surface area contributed by atoms with Gasteiger partial charge < -0.3 is 20.7 Å². The van der Waals surface area contributed by atoms with Gasteiger partial charge in [0.15, 0.2) is 5.82 Å². The third kappa shape index (κ3) is 5.96. The molecule has 1 amide bonds. The van der Waals surface area contributed by atoms with Crippen molar-refractivity contribution in [3.05, 3.63) is 40.7 Å². The smallest absolute Gasteiger partial charge is 0.229 e. The summed E-state index contributed by atoms with van der Waals surface area (Å²) in [5.41, 5.74) is 3.10. The van der Waals surface area contributed by atoms with Crippen molar-refractivity contribution in [1.82, 2.24) is 25.1 Å². The predicted molar refractivity (Wildman–Crippen MR) is 149 cm³/mol. The molecule has 3 aromatic rings. The molecule has 1 saturated heterocycles. The number of nitrogens with zero attached hydrogens (tertiary/aromatic N) is 4. The summed E-state index contributed by atoms with van der Waals surface area (Å²) in [5, 5.41) is 12.8. The summed E-state index contributed by atoms with van der Waals surface area (Å²) in [6.45, 7) is 5.88. The van der Waals surface area contributed by atoms with Gasteiger partial charge in [-0.2, -0.15) is 10.1 Å². The van der Waals surface area contributed by atoms with E-state index >= 15 is 0 Å². The number of hydrogen-bond donors (Lipinski definition) is 3. The number of rotatable bonds is 9. The first-order valence-electron chi connectivity index (χ1n) is 12.9. The van der Waals surface area contributed by atoms with E-state index in [0.29, 0.717) is 24.4 Å². The summed E-state index contributed by atoms with van der Waals surface area (Å²) < 4.78 is 33.3. The van der Waals surface area contributed by atoms with Crippen LogP contribution in [0.1, 0.15) is 56.6 Å². The van der Waals surface area contributed by atoms with E-state index in [0.717, 1.165) is 30.4 Å². The van der Waals surface area contributed by atoms with Crippen molar-refractivity contribution in [2.75, 3.05) is 17.2 Å². The van der Waals surface area contributed by atoms with Crippen LogP contribution in [-0.4, -0.2) is 52.0 Å². The highest BCUT2D eigenvalue weighted by atomic mass is 35.5. The van der Waals surface area contributed by atoms with Gasteiger partial charge in [0, 0.05) is 26.2 Å². The second kappa shape index (κ2) is 10.6. The van der Waals surface area contributed by atoms with Crippen LogP contribution in [0.3, 0.4) is 0 Å². The third-order valence-corrected chi connectivity index (χ3v) is 9.16.